The van der Waals surface area contributed by atoms with Gasteiger partial charge in [-0.15, -0.1) is 0 Å². The number of hydrogen-bond donors (Lipinski definition) is 1. The molecule has 1 fully saturated rings. The van der Waals surface area contributed by atoms with Gasteiger partial charge in [0.05, 0.1) is 12.9 Å². The Morgan fingerprint density at radius 3 is 2.31 bits per heavy atom. The lowest BCUT2D eigenvalue weighted by Gasteiger charge is -2.25. The Kier molecular flexibility index (Phi) is 3.70. The van der Waals surface area contributed by atoms with Gasteiger partial charge in [0, 0.05) is 12.6 Å². The lowest BCUT2D eigenvalue weighted by Crippen LogP contribution is -2.39. The van der Waals surface area contributed by atoms with Crippen molar-refractivity contribution >= 4 is 10.0 Å². The minimum atomic E-state index is -3.14. The molecule has 1 N–H and O–H groups in total. The summed E-state index contributed by atoms with van der Waals surface area (Å²) in [5.41, 5.74) is 0. The molecule has 0 amide bonds. The fourth-order valence-electron chi connectivity index (χ4n) is 1.91. The number of hydrogen-bond acceptors (Lipinski definition) is 3. The molecule has 0 aromatic rings. The van der Waals surface area contributed by atoms with Crippen molar-refractivity contribution in [3.8, 4) is 0 Å². The minimum Gasteiger partial charge on any atom is -0.395 e. The molecule has 0 saturated heterocycles. The highest BCUT2D eigenvalue weighted by molar-refractivity contribution is 7.88. The Labute approximate surface area is 79.6 Å². The van der Waals surface area contributed by atoms with Crippen LogP contribution in [0.5, 0.6) is 0 Å². The molecule has 1 rings (SSSR count). The van der Waals surface area contributed by atoms with E-state index in [1.807, 2.05) is 0 Å². The van der Waals surface area contributed by atoms with Gasteiger partial charge in [-0.3, -0.25) is 0 Å². The highest BCUT2D eigenvalue weighted by Gasteiger charge is 2.28. The first-order valence-electron chi connectivity index (χ1n) is 4.63. The molecule has 0 unspecified atom stereocenters. The van der Waals surface area contributed by atoms with Crippen LogP contribution in [0.2, 0.25) is 0 Å². The van der Waals surface area contributed by atoms with Crippen LogP contribution in [0.25, 0.3) is 0 Å². The molecule has 13 heavy (non-hydrogen) atoms. The maximum Gasteiger partial charge on any atom is 0.211 e. The van der Waals surface area contributed by atoms with E-state index in [0.717, 1.165) is 25.7 Å². The zero-order valence-corrected chi connectivity index (χ0v) is 8.76. The normalized spacial score (nSPS) is 19.9. The Morgan fingerprint density at radius 2 is 1.92 bits per heavy atom. The second-order valence-corrected chi connectivity index (χ2v) is 5.47. The Bertz CT molecular complexity index is 244. The van der Waals surface area contributed by atoms with E-state index in [9.17, 15) is 8.42 Å². The van der Waals surface area contributed by atoms with Gasteiger partial charge in [-0.1, -0.05) is 12.8 Å². The van der Waals surface area contributed by atoms with Gasteiger partial charge in [-0.2, -0.15) is 4.31 Å². The number of nitrogens with zero attached hydrogens (tertiary/aromatic N) is 1. The second-order valence-electron chi connectivity index (χ2n) is 3.54. The maximum atomic E-state index is 11.3. The fourth-order valence-corrected chi connectivity index (χ4v) is 3.08. The summed E-state index contributed by atoms with van der Waals surface area (Å²) >= 11 is 0. The average molecular weight is 207 g/mol. The van der Waals surface area contributed by atoms with Crippen molar-refractivity contribution in [3.05, 3.63) is 0 Å². The highest BCUT2D eigenvalue weighted by Crippen LogP contribution is 2.24. The largest absolute Gasteiger partial charge is 0.395 e. The molecule has 0 heterocycles. The van der Waals surface area contributed by atoms with Gasteiger partial charge in [0.1, 0.15) is 0 Å². The molecule has 1 saturated carbocycles. The third-order valence-corrected chi connectivity index (χ3v) is 3.81. The van der Waals surface area contributed by atoms with Gasteiger partial charge < -0.3 is 5.11 Å². The van der Waals surface area contributed by atoms with E-state index in [-0.39, 0.29) is 19.2 Å². The summed E-state index contributed by atoms with van der Waals surface area (Å²) in [6.07, 6.45) is 5.28. The van der Waals surface area contributed by atoms with Crippen molar-refractivity contribution in [1.82, 2.24) is 4.31 Å². The SMILES string of the molecule is CS(=O)(=O)N(CCO)C1CCCC1. The molecule has 0 atom stereocenters. The van der Waals surface area contributed by atoms with Crippen molar-refractivity contribution in [2.45, 2.75) is 31.7 Å². The fraction of sp³-hybridized carbons (Fsp3) is 1.00. The minimum absolute atomic E-state index is 0.0937. The zero-order chi connectivity index (χ0) is 9.90. The molecule has 1 aliphatic rings. The van der Waals surface area contributed by atoms with Gasteiger partial charge in [0.25, 0.3) is 0 Å². The van der Waals surface area contributed by atoms with E-state index in [4.69, 9.17) is 5.11 Å². The maximum absolute atomic E-state index is 11.3. The molecular weight excluding hydrogens is 190 g/mol. The molecule has 5 heteroatoms. The van der Waals surface area contributed by atoms with E-state index < -0.39 is 10.0 Å². The van der Waals surface area contributed by atoms with Crippen LogP contribution in [0, 0.1) is 0 Å². The van der Waals surface area contributed by atoms with Crippen LogP contribution in [-0.2, 0) is 10.0 Å². The molecule has 0 aliphatic heterocycles. The van der Waals surface area contributed by atoms with E-state index in [0.29, 0.717) is 0 Å². The van der Waals surface area contributed by atoms with Crippen molar-refractivity contribution in [2.24, 2.45) is 0 Å². The van der Waals surface area contributed by atoms with Gasteiger partial charge in [-0.25, -0.2) is 8.42 Å². The molecule has 0 radical (unpaired) electrons. The summed E-state index contributed by atoms with van der Waals surface area (Å²) in [6, 6.07) is 0.127. The van der Waals surface area contributed by atoms with Crippen molar-refractivity contribution < 1.29 is 13.5 Å². The first kappa shape index (κ1) is 10.9. The van der Waals surface area contributed by atoms with Crippen LogP contribution < -0.4 is 0 Å². The molecular formula is C8H17NO3S. The Morgan fingerprint density at radius 1 is 1.38 bits per heavy atom. The standard InChI is InChI=1S/C8H17NO3S/c1-13(11,12)9(6-7-10)8-4-2-3-5-8/h8,10H,2-7H2,1H3. The van der Waals surface area contributed by atoms with Crippen molar-refractivity contribution in [3.63, 3.8) is 0 Å². The van der Waals surface area contributed by atoms with Crippen LogP contribution in [-0.4, -0.2) is 43.3 Å². The summed E-state index contributed by atoms with van der Waals surface area (Å²) in [5.74, 6) is 0. The van der Waals surface area contributed by atoms with Crippen molar-refractivity contribution in [2.75, 3.05) is 19.4 Å². The third-order valence-electron chi connectivity index (χ3n) is 2.48. The zero-order valence-electron chi connectivity index (χ0n) is 7.94. The van der Waals surface area contributed by atoms with Crippen LogP contribution in [0.1, 0.15) is 25.7 Å². The number of rotatable bonds is 4. The first-order valence-corrected chi connectivity index (χ1v) is 6.48. The van der Waals surface area contributed by atoms with Crippen LogP contribution in [0.4, 0.5) is 0 Å². The molecule has 0 spiro atoms. The van der Waals surface area contributed by atoms with Crippen LogP contribution >= 0.6 is 0 Å². The predicted octanol–water partition coefficient (Wildman–Crippen LogP) is 0.183. The number of aliphatic hydroxyl groups is 1. The van der Waals surface area contributed by atoms with Gasteiger partial charge in [-0.05, 0) is 12.8 Å². The van der Waals surface area contributed by atoms with Crippen molar-refractivity contribution in [1.29, 1.82) is 0 Å². The Hall–Kier alpha value is -0.130. The second kappa shape index (κ2) is 4.39. The van der Waals surface area contributed by atoms with E-state index in [1.54, 1.807) is 0 Å². The molecule has 0 bridgehead atoms. The molecule has 78 valence electrons. The average Bonchev–Trinajstić information content (AvgIpc) is 2.49. The molecule has 1 aliphatic carbocycles. The summed E-state index contributed by atoms with van der Waals surface area (Å²) in [5, 5.41) is 8.75. The lowest BCUT2D eigenvalue weighted by atomic mass is 10.2. The van der Waals surface area contributed by atoms with E-state index in [2.05, 4.69) is 0 Å². The summed E-state index contributed by atoms with van der Waals surface area (Å²) < 4.78 is 24.1. The van der Waals surface area contributed by atoms with Gasteiger partial charge >= 0.3 is 0 Å². The highest BCUT2D eigenvalue weighted by atomic mass is 32.2. The molecule has 4 nitrogen and oxygen atoms in total. The van der Waals surface area contributed by atoms with Crippen LogP contribution in [0.3, 0.4) is 0 Å². The number of sulfonamides is 1. The quantitative estimate of drug-likeness (QED) is 0.715. The summed E-state index contributed by atoms with van der Waals surface area (Å²) in [4.78, 5) is 0. The summed E-state index contributed by atoms with van der Waals surface area (Å²) in [7, 11) is -3.14. The van der Waals surface area contributed by atoms with E-state index in [1.165, 1.54) is 10.6 Å². The Balaban J connectivity index is 2.66. The smallest absolute Gasteiger partial charge is 0.211 e. The first-order chi connectivity index (χ1) is 6.05. The predicted molar refractivity (Wildman–Crippen MR) is 50.9 cm³/mol. The summed E-state index contributed by atoms with van der Waals surface area (Å²) in [6.45, 7) is 0.146. The van der Waals surface area contributed by atoms with Crippen LogP contribution in [0.15, 0.2) is 0 Å². The van der Waals surface area contributed by atoms with E-state index >= 15 is 0 Å². The topological polar surface area (TPSA) is 57.6 Å². The lowest BCUT2D eigenvalue weighted by molar-refractivity contribution is 0.227. The molecule has 0 aromatic carbocycles. The number of aliphatic hydroxyl groups excluding tert-OH is 1. The van der Waals surface area contributed by atoms with Gasteiger partial charge in [0.15, 0.2) is 0 Å². The third kappa shape index (κ3) is 2.93. The molecule has 0 aromatic heterocycles. The monoisotopic (exact) mass is 207 g/mol. The van der Waals surface area contributed by atoms with Gasteiger partial charge in [0.2, 0.25) is 10.0 Å².